The van der Waals surface area contributed by atoms with Gasteiger partial charge in [-0.3, -0.25) is 0 Å². The summed E-state index contributed by atoms with van der Waals surface area (Å²) in [4.78, 5) is 2.46. The lowest BCUT2D eigenvalue weighted by molar-refractivity contribution is -0.418. The van der Waals surface area contributed by atoms with E-state index in [1.807, 2.05) is 0 Å². The molecule has 1 aliphatic heterocycles. The molecular weight excluding hydrogens is 426 g/mol. The predicted octanol–water partition coefficient (Wildman–Crippen LogP) is 3.96. The fourth-order valence-electron chi connectivity index (χ4n) is 2.92. The number of nitrogens with one attached hydrogen (secondary N) is 1. The van der Waals surface area contributed by atoms with E-state index in [4.69, 9.17) is 10.2 Å². The van der Waals surface area contributed by atoms with Crippen molar-refractivity contribution < 1.29 is 40.9 Å². The van der Waals surface area contributed by atoms with Gasteiger partial charge in [0.25, 0.3) is 16.6 Å². The Labute approximate surface area is 164 Å². The van der Waals surface area contributed by atoms with Crippen LogP contribution in [0.4, 0.5) is 32.0 Å². The number of aliphatic hydroxyl groups is 1. The van der Waals surface area contributed by atoms with Gasteiger partial charge in [0.15, 0.2) is 0 Å². The maximum absolute atomic E-state index is 13.5. The zero-order chi connectivity index (χ0) is 21.4. The molecule has 2 aromatic heterocycles. The summed E-state index contributed by atoms with van der Waals surface area (Å²) < 4.78 is 85.6. The van der Waals surface area contributed by atoms with Gasteiger partial charge in [-0.2, -0.15) is 31.3 Å². The fourth-order valence-corrected chi connectivity index (χ4v) is 3.98. The van der Waals surface area contributed by atoms with Crippen LogP contribution in [0.1, 0.15) is 43.6 Å². The number of anilines is 1. The van der Waals surface area contributed by atoms with Gasteiger partial charge < -0.3 is 15.3 Å². The van der Waals surface area contributed by atoms with Crippen LogP contribution >= 0.6 is 11.8 Å². The smallest absolute Gasteiger partial charge is 0.412 e. The number of rotatable bonds is 0. The molecule has 6 nitrogen and oxygen atoms in total. The SMILES string of the molecule is Nc1cc(C(F)(F)F)c2[nH+]c1-c1nnc(o1)[C@@](O)(C(F)(F)F)CCCCCCS2. The standard InChI is InChI=1S/C16H16F6N4O2S/c17-15(18,19)8-7-9(23)10-11-25-26-13(28-11)14(27,16(20,21)22)5-3-1-2-4-6-29-12(8)24-10/h7,27H,1-6,23H2/p+1/t14-/m1/s1. The number of aromatic nitrogens is 3. The molecule has 0 amide bonds. The first-order valence-corrected chi connectivity index (χ1v) is 9.61. The average Bonchev–Trinajstić information content (AvgIpc) is 3.09. The summed E-state index contributed by atoms with van der Waals surface area (Å²) >= 11 is 0.920. The van der Waals surface area contributed by atoms with Gasteiger partial charge in [0.05, 0.1) is 0 Å². The second-order valence-electron chi connectivity index (χ2n) is 6.62. The molecule has 0 unspecified atom stereocenters. The monoisotopic (exact) mass is 443 g/mol. The van der Waals surface area contributed by atoms with Gasteiger partial charge in [-0.25, -0.2) is 0 Å². The van der Waals surface area contributed by atoms with Crippen molar-refractivity contribution in [3.8, 4) is 11.6 Å². The number of fused-ring (bicyclic) bond motifs is 5. The highest BCUT2D eigenvalue weighted by Gasteiger charge is 2.58. The minimum Gasteiger partial charge on any atom is -0.412 e. The number of thioether (sulfide) groups is 1. The Morgan fingerprint density at radius 1 is 1.10 bits per heavy atom. The molecule has 29 heavy (non-hydrogen) atoms. The number of H-pyrrole nitrogens is 1. The number of nitrogens with zero attached hydrogens (tertiary/aromatic N) is 2. The normalized spacial score (nSPS) is 21.6. The fraction of sp³-hybridized carbons (Fsp3) is 0.562. The first-order chi connectivity index (χ1) is 13.4. The Hall–Kier alpha value is -2.02. The summed E-state index contributed by atoms with van der Waals surface area (Å²) in [7, 11) is 0. The van der Waals surface area contributed by atoms with E-state index in [9.17, 15) is 31.4 Å². The molecule has 3 heterocycles. The van der Waals surface area contributed by atoms with Crippen LogP contribution in [-0.4, -0.2) is 27.2 Å². The molecule has 1 aliphatic rings. The number of aromatic amines is 1. The Bertz CT molecular complexity index is 885. The summed E-state index contributed by atoms with van der Waals surface area (Å²) in [6.07, 6.45) is -9.10. The second-order valence-corrected chi connectivity index (χ2v) is 7.73. The van der Waals surface area contributed by atoms with E-state index in [2.05, 4.69) is 15.2 Å². The van der Waals surface area contributed by atoms with Crippen molar-refractivity contribution in [1.29, 1.82) is 0 Å². The van der Waals surface area contributed by atoms with Gasteiger partial charge in [0, 0.05) is 5.75 Å². The number of pyridine rings is 1. The molecule has 3 rings (SSSR count). The summed E-state index contributed by atoms with van der Waals surface area (Å²) in [5.41, 5.74) is 0.630. The van der Waals surface area contributed by atoms with Gasteiger partial charge in [-0.1, -0.05) is 24.6 Å². The second kappa shape index (κ2) is 7.67. The van der Waals surface area contributed by atoms with Crippen LogP contribution in [0.15, 0.2) is 15.5 Å². The highest BCUT2D eigenvalue weighted by Crippen LogP contribution is 2.43. The number of nitrogens with two attached hydrogens (primary N) is 1. The Morgan fingerprint density at radius 3 is 2.45 bits per heavy atom. The lowest BCUT2D eigenvalue weighted by Gasteiger charge is -2.26. The first-order valence-electron chi connectivity index (χ1n) is 8.63. The Kier molecular flexibility index (Phi) is 5.73. The van der Waals surface area contributed by atoms with Crippen LogP contribution in [0.3, 0.4) is 0 Å². The molecule has 1 atom stereocenters. The summed E-state index contributed by atoms with van der Waals surface area (Å²) in [6.45, 7) is 0. The lowest BCUT2D eigenvalue weighted by Crippen LogP contribution is -2.42. The maximum atomic E-state index is 13.5. The topological polar surface area (TPSA) is 99.3 Å². The molecule has 4 bridgehead atoms. The molecule has 0 saturated carbocycles. The van der Waals surface area contributed by atoms with Crippen molar-refractivity contribution in [3.05, 3.63) is 17.5 Å². The molecular formula is C16H17F6N4O2S+. The molecule has 0 fully saturated rings. The van der Waals surface area contributed by atoms with Gasteiger partial charge in [-0.05, 0) is 25.3 Å². The highest BCUT2D eigenvalue weighted by atomic mass is 32.2. The van der Waals surface area contributed by atoms with Gasteiger partial charge in [-0.15, -0.1) is 10.2 Å². The maximum Gasteiger partial charge on any atom is 0.426 e. The third kappa shape index (κ3) is 4.29. The van der Waals surface area contributed by atoms with Crippen molar-refractivity contribution in [2.45, 2.75) is 55.1 Å². The van der Waals surface area contributed by atoms with E-state index < -0.39 is 47.4 Å². The number of hydrogen-bond donors (Lipinski definition) is 2. The molecule has 2 aromatic rings. The summed E-state index contributed by atoms with van der Waals surface area (Å²) in [5, 5.41) is 16.8. The third-order valence-corrected chi connectivity index (χ3v) is 5.62. The van der Waals surface area contributed by atoms with Crippen LogP contribution in [-0.2, 0) is 11.8 Å². The molecule has 0 saturated heterocycles. The van der Waals surface area contributed by atoms with Gasteiger partial charge in [0.1, 0.15) is 11.3 Å². The largest absolute Gasteiger partial charge is 0.426 e. The number of alkyl halides is 6. The quantitative estimate of drug-likeness (QED) is 0.598. The molecule has 4 N–H and O–H groups in total. The molecule has 160 valence electrons. The Balaban J connectivity index is 2.14. The molecule has 13 heteroatoms. The van der Waals surface area contributed by atoms with E-state index in [-0.39, 0.29) is 17.1 Å². The van der Waals surface area contributed by atoms with Crippen LogP contribution in [0.25, 0.3) is 11.6 Å². The van der Waals surface area contributed by atoms with Crippen LogP contribution in [0.5, 0.6) is 0 Å². The van der Waals surface area contributed by atoms with Crippen molar-refractivity contribution in [1.82, 2.24) is 10.2 Å². The molecule has 0 aliphatic carbocycles. The average molecular weight is 443 g/mol. The number of nitrogen functional groups attached to an aromatic ring is 1. The van der Waals surface area contributed by atoms with Crippen molar-refractivity contribution in [2.24, 2.45) is 0 Å². The highest BCUT2D eigenvalue weighted by molar-refractivity contribution is 7.99. The molecule has 0 aromatic carbocycles. The van der Waals surface area contributed by atoms with Gasteiger partial charge >= 0.3 is 18.2 Å². The minimum atomic E-state index is -5.08. The van der Waals surface area contributed by atoms with Crippen molar-refractivity contribution in [3.63, 3.8) is 0 Å². The zero-order valence-corrected chi connectivity index (χ0v) is 15.6. The first kappa shape index (κ1) is 21.7. The zero-order valence-electron chi connectivity index (χ0n) is 14.8. The minimum absolute atomic E-state index is 0.0196. The van der Waals surface area contributed by atoms with E-state index in [0.29, 0.717) is 31.1 Å². The van der Waals surface area contributed by atoms with Crippen LogP contribution < -0.4 is 10.7 Å². The van der Waals surface area contributed by atoms with E-state index in [1.165, 1.54) is 0 Å². The Morgan fingerprint density at radius 2 is 1.79 bits per heavy atom. The van der Waals surface area contributed by atoms with Crippen molar-refractivity contribution in [2.75, 3.05) is 11.5 Å². The molecule has 0 radical (unpaired) electrons. The lowest BCUT2D eigenvalue weighted by atomic mass is 9.95. The van der Waals surface area contributed by atoms with E-state index in [1.54, 1.807) is 0 Å². The van der Waals surface area contributed by atoms with Gasteiger partial charge in [0.2, 0.25) is 5.60 Å². The number of hydrogen-bond acceptors (Lipinski definition) is 6. The predicted molar refractivity (Wildman–Crippen MR) is 89.5 cm³/mol. The summed E-state index contributed by atoms with van der Waals surface area (Å²) in [6, 6.07) is 0.667. The van der Waals surface area contributed by atoms with E-state index >= 15 is 0 Å². The number of halogens is 6. The summed E-state index contributed by atoms with van der Waals surface area (Å²) in [5.74, 6) is -1.33. The van der Waals surface area contributed by atoms with Crippen LogP contribution in [0.2, 0.25) is 0 Å². The van der Waals surface area contributed by atoms with E-state index in [0.717, 1.165) is 11.8 Å². The van der Waals surface area contributed by atoms with Crippen LogP contribution in [0, 0.1) is 0 Å². The third-order valence-electron chi connectivity index (χ3n) is 4.52. The molecule has 0 spiro atoms. The van der Waals surface area contributed by atoms with Crippen molar-refractivity contribution >= 4 is 17.4 Å².